The van der Waals surface area contributed by atoms with Gasteiger partial charge in [0, 0.05) is 7.05 Å². The van der Waals surface area contributed by atoms with Gasteiger partial charge in [0.25, 0.3) is 10.0 Å². The van der Waals surface area contributed by atoms with Crippen molar-refractivity contribution in [1.82, 2.24) is 14.5 Å². The van der Waals surface area contributed by atoms with Gasteiger partial charge in [0.05, 0.1) is 6.20 Å². The molecule has 1 aromatic rings. The molecule has 1 rings (SSSR count). The molecule has 0 amide bonds. The van der Waals surface area contributed by atoms with Crippen LogP contribution in [0.2, 0.25) is 0 Å². The third-order valence-corrected chi connectivity index (χ3v) is 4.45. The molecule has 7 nitrogen and oxygen atoms in total. The maximum absolute atomic E-state index is 12.0. The van der Waals surface area contributed by atoms with Crippen LogP contribution in [0.5, 0.6) is 0 Å². The number of rotatable bonds is 7. The molecule has 0 radical (unpaired) electrons. The van der Waals surface area contributed by atoms with Crippen molar-refractivity contribution in [2.45, 2.75) is 17.5 Å². The molecule has 9 heteroatoms. The van der Waals surface area contributed by atoms with Gasteiger partial charge in [-0.25, -0.2) is 8.42 Å². The normalized spacial score (nSPS) is 13.4. The number of hydrogen-bond acceptors (Lipinski definition) is 5. The zero-order valence-corrected chi connectivity index (χ0v) is 11.7. The number of aromatic nitrogens is 2. The van der Waals surface area contributed by atoms with Crippen molar-refractivity contribution in [3.63, 3.8) is 0 Å². The predicted molar refractivity (Wildman–Crippen MR) is 68.0 cm³/mol. The highest BCUT2D eigenvalue weighted by molar-refractivity contribution is 7.98. The molecule has 0 bridgehead atoms. The van der Waals surface area contributed by atoms with Crippen LogP contribution in [0.3, 0.4) is 0 Å². The summed E-state index contributed by atoms with van der Waals surface area (Å²) in [5.41, 5.74) is 0. The molecule has 18 heavy (non-hydrogen) atoms. The van der Waals surface area contributed by atoms with E-state index < -0.39 is 22.0 Å². The number of sulfonamides is 1. The van der Waals surface area contributed by atoms with Crippen LogP contribution >= 0.6 is 11.8 Å². The Morgan fingerprint density at radius 1 is 1.67 bits per heavy atom. The first-order valence-electron chi connectivity index (χ1n) is 5.10. The van der Waals surface area contributed by atoms with E-state index in [-0.39, 0.29) is 11.4 Å². The van der Waals surface area contributed by atoms with Crippen LogP contribution in [0, 0.1) is 0 Å². The van der Waals surface area contributed by atoms with Gasteiger partial charge in [0.2, 0.25) is 0 Å². The highest BCUT2D eigenvalue weighted by Gasteiger charge is 2.26. The molecule has 0 unspecified atom stereocenters. The molecule has 0 aromatic carbocycles. The number of nitrogens with zero attached hydrogens (tertiary/aromatic N) is 2. The Kier molecular flexibility index (Phi) is 5.17. The van der Waals surface area contributed by atoms with Crippen LogP contribution in [0.25, 0.3) is 0 Å². The Morgan fingerprint density at radius 3 is 2.78 bits per heavy atom. The maximum Gasteiger partial charge on any atom is 0.321 e. The number of hydrogen-bond donors (Lipinski definition) is 2. The van der Waals surface area contributed by atoms with Crippen molar-refractivity contribution in [1.29, 1.82) is 0 Å². The lowest BCUT2D eigenvalue weighted by atomic mass is 10.2. The first-order valence-corrected chi connectivity index (χ1v) is 7.98. The van der Waals surface area contributed by atoms with E-state index in [1.807, 2.05) is 6.26 Å². The minimum atomic E-state index is -3.86. The monoisotopic (exact) mass is 293 g/mol. The highest BCUT2D eigenvalue weighted by atomic mass is 32.2. The number of carboxylic acids is 1. The number of aliphatic carboxylic acids is 1. The molecule has 0 aliphatic heterocycles. The number of aryl methyl sites for hydroxylation is 1. The van der Waals surface area contributed by atoms with Crippen LogP contribution in [0.1, 0.15) is 6.42 Å². The number of carboxylic acid groups (broad SMARTS) is 1. The fraction of sp³-hybridized carbons (Fsp3) is 0.556. The average molecular weight is 293 g/mol. The van der Waals surface area contributed by atoms with Crippen LogP contribution in [-0.4, -0.2) is 47.3 Å². The van der Waals surface area contributed by atoms with Gasteiger partial charge in [0.15, 0.2) is 5.03 Å². The van der Waals surface area contributed by atoms with Crippen LogP contribution < -0.4 is 4.72 Å². The Hall–Kier alpha value is -1.06. The van der Waals surface area contributed by atoms with Crippen molar-refractivity contribution >= 4 is 27.8 Å². The van der Waals surface area contributed by atoms with Crippen molar-refractivity contribution < 1.29 is 18.3 Å². The minimum absolute atomic E-state index is 0.0575. The fourth-order valence-electron chi connectivity index (χ4n) is 1.34. The molecular formula is C9H15N3O4S2. The molecule has 0 fully saturated rings. The quantitative estimate of drug-likeness (QED) is 0.728. The molecule has 1 atom stereocenters. The molecule has 0 spiro atoms. The summed E-state index contributed by atoms with van der Waals surface area (Å²) in [4.78, 5) is 11.0. The van der Waals surface area contributed by atoms with Gasteiger partial charge >= 0.3 is 5.97 Å². The standard InChI is InChI=1S/C9H15N3O4S2/c1-12-8(3-5-10-12)18(15,16)11-7(9(13)14)4-6-17-2/h3,5,7,11H,4,6H2,1-2H3,(H,13,14)/t7-/m1/s1. The van der Waals surface area contributed by atoms with Crippen LogP contribution in [0.4, 0.5) is 0 Å². The van der Waals surface area contributed by atoms with Gasteiger partial charge in [0.1, 0.15) is 6.04 Å². The minimum Gasteiger partial charge on any atom is -0.480 e. The first kappa shape index (κ1) is 15.0. The third kappa shape index (κ3) is 3.72. The van der Waals surface area contributed by atoms with E-state index in [1.165, 1.54) is 35.8 Å². The SMILES string of the molecule is CSCC[C@@H](NS(=O)(=O)c1ccnn1C)C(=O)O. The molecule has 0 saturated carbocycles. The van der Waals surface area contributed by atoms with E-state index in [4.69, 9.17) is 5.11 Å². The zero-order chi connectivity index (χ0) is 13.8. The molecule has 1 aromatic heterocycles. The van der Waals surface area contributed by atoms with Gasteiger partial charge in [-0.2, -0.15) is 21.6 Å². The second kappa shape index (κ2) is 6.21. The summed E-state index contributed by atoms with van der Waals surface area (Å²) in [6.07, 6.45) is 3.40. The van der Waals surface area contributed by atoms with Gasteiger partial charge in [-0.1, -0.05) is 0 Å². The van der Waals surface area contributed by atoms with Crippen molar-refractivity contribution in [3.8, 4) is 0 Å². The van der Waals surface area contributed by atoms with E-state index in [0.29, 0.717) is 5.75 Å². The van der Waals surface area contributed by atoms with E-state index in [1.54, 1.807) is 0 Å². The summed E-state index contributed by atoms with van der Waals surface area (Å²) in [6, 6.07) is 0.188. The fourth-order valence-corrected chi connectivity index (χ4v) is 3.16. The second-order valence-corrected chi connectivity index (χ2v) is 6.23. The lowest BCUT2D eigenvalue weighted by molar-refractivity contribution is -0.139. The number of thioether (sulfide) groups is 1. The van der Waals surface area contributed by atoms with Crippen LogP contribution in [-0.2, 0) is 21.9 Å². The summed E-state index contributed by atoms with van der Waals surface area (Å²) < 4.78 is 27.2. The third-order valence-electron chi connectivity index (χ3n) is 2.26. The molecule has 1 heterocycles. The van der Waals surface area contributed by atoms with E-state index in [0.717, 1.165) is 0 Å². The van der Waals surface area contributed by atoms with Crippen molar-refractivity contribution in [2.75, 3.05) is 12.0 Å². The summed E-state index contributed by atoms with van der Waals surface area (Å²) in [5.74, 6) is -0.625. The van der Waals surface area contributed by atoms with Gasteiger partial charge in [-0.15, -0.1) is 0 Å². The molecule has 0 aliphatic carbocycles. The summed E-state index contributed by atoms with van der Waals surface area (Å²) in [6.45, 7) is 0. The Labute approximate surface area is 110 Å². The smallest absolute Gasteiger partial charge is 0.321 e. The van der Waals surface area contributed by atoms with Gasteiger partial charge < -0.3 is 5.11 Å². The Bertz CT molecular complexity index is 512. The van der Waals surface area contributed by atoms with E-state index >= 15 is 0 Å². The molecule has 2 N–H and O–H groups in total. The zero-order valence-electron chi connectivity index (χ0n) is 10.0. The number of carbonyl (C=O) groups is 1. The lowest BCUT2D eigenvalue weighted by Crippen LogP contribution is -2.41. The van der Waals surface area contributed by atoms with Crippen molar-refractivity contribution in [3.05, 3.63) is 12.3 Å². The van der Waals surface area contributed by atoms with Crippen molar-refractivity contribution in [2.24, 2.45) is 7.05 Å². The summed E-state index contributed by atoms with van der Waals surface area (Å²) in [5, 5.41) is 12.7. The first-order chi connectivity index (χ1) is 8.38. The lowest BCUT2D eigenvalue weighted by Gasteiger charge is -2.14. The van der Waals surface area contributed by atoms with Gasteiger partial charge in [-0.05, 0) is 24.5 Å². The molecule has 102 valence electrons. The molecule has 0 saturated heterocycles. The maximum atomic E-state index is 12.0. The van der Waals surface area contributed by atoms with E-state index in [9.17, 15) is 13.2 Å². The van der Waals surface area contributed by atoms with Gasteiger partial charge in [-0.3, -0.25) is 9.48 Å². The van der Waals surface area contributed by atoms with Crippen LogP contribution in [0.15, 0.2) is 17.3 Å². The molecule has 0 aliphatic rings. The Morgan fingerprint density at radius 2 is 2.33 bits per heavy atom. The summed E-state index contributed by atoms with van der Waals surface area (Å²) >= 11 is 1.46. The average Bonchev–Trinajstić information content (AvgIpc) is 2.71. The number of nitrogens with one attached hydrogen (secondary N) is 1. The van der Waals surface area contributed by atoms with E-state index in [2.05, 4.69) is 9.82 Å². The topological polar surface area (TPSA) is 101 Å². The summed E-state index contributed by atoms with van der Waals surface area (Å²) in [7, 11) is -2.38. The highest BCUT2D eigenvalue weighted by Crippen LogP contribution is 2.09. The molecular weight excluding hydrogens is 278 g/mol. The Balaban J connectivity index is 2.86. The largest absolute Gasteiger partial charge is 0.480 e. The predicted octanol–water partition coefficient (Wildman–Crippen LogP) is -0.0953. The second-order valence-electron chi connectivity index (χ2n) is 3.59.